The standard InChI is InChI=1S/C22H25N7O4/c30-20(11-24-22(31)32)27-10-7-15-3-1-5-18(17(15)12-27)33-13-16-4-2-9-28(16)19-6-8-23-21-25-14-26-29(19)21/h1,3,5-6,8,14,16,24H,2,4,7,9-13H2,(H,31,32)/t16-/m1/s1. The van der Waals surface area contributed by atoms with E-state index in [2.05, 4.69) is 31.3 Å². The van der Waals surface area contributed by atoms with Gasteiger partial charge in [0.2, 0.25) is 5.91 Å². The predicted octanol–water partition coefficient (Wildman–Crippen LogP) is 1.32. The second-order valence-corrected chi connectivity index (χ2v) is 8.19. The Hall–Kier alpha value is -3.89. The van der Waals surface area contributed by atoms with E-state index in [4.69, 9.17) is 9.84 Å². The Morgan fingerprint density at radius 3 is 3.00 bits per heavy atom. The highest BCUT2D eigenvalue weighted by Crippen LogP contribution is 2.30. The van der Waals surface area contributed by atoms with Crippen molar-refractivity contribution in [2.24, 2.45) is 0 Å². The Bertz CT molecular complexity index is 1180. The third-order valence-corrected chi connectivity index (χ3v) is 6.24. The molecule has 11 heteroatoms. The fourth-order valence-corrected chi connectivity index (χ4v) is 4.60. The Morgan fingerprint density at radius 2 is 2.12 bits per heavy atom. The summed E-state index contributed by atoms with van der Waals surface area (Å²) in [7, 11) is 0. The molecule has 1 fully saturated rings. The van der Waals surface area contributed by atoms with Crippen molar-refractivity contribution in [1.82, 2.24) is 29.8 Å². The Labute approximate surface area is 190 Å². The molecule has 3 aromatic rings. The van der Waals surface area contributed by atoms with Crippen molar-refractivity contribution in [3.05, 3.63) is 47.9 Å². The third-order valence-electron chi connectivity index (χ3n) is 6.24. The molecule has 4 heterocycles. The number of hydrogen-bond acceptors (Lipinski definition) is 7. The molecule has 0 unspecified atom stereocenters. The first kappa shape index (κ1) is 21.0. The van der Waals surface area contributed by atoms with Crippen LogP contribution >= 0.6 is 0 Å². The smallest absolute Gasteiger partial charge is 0.405 e. The molecule has 2 aliphatic rings. The van der Waals surface area contributed by atoms with Gasteiger partial charge >= 0.3 is 6.09 Å². The molecule has 0 saturated carbocycles. The van der Waals surface area contributed by atoms with Crippen molar-refractivity contribution in [1.29, 1.82) is 0 Å². The van der Waals surface area contributed by atoms with Gasteiger partial charge in [-0.3, -0.25) is 4.79 Å². The van der Waals surface area contributed by atoms with E-state index in [9.17, 15) is 9.59 Å². The maximum absolute atomic E-state index is 12.4. The van der Waals surface area contributed by atoms with Gasteiger partial charge in [-0.15, -0.1) is 0 Å². The zero-order chi connectivity index (χ0) is 22.8. The van der Waals surface area contributed by atoms with Crippen molar-refractivity contribution in [2.45, 2.75) is 31.8 Å². The van der Waals surface area contributed by atoms with Crippen LogP contribution in [0.15, 0.2) is 36.8 Å². The second kappa shape index (κ2) is 8.93. The van der Waals surface area contributed by atoms with Crippen LogP contribution in [0, 0.1) is 0 Å². The molecule has 1 aromatic carbocycles. The van der Waals surface area contributed by atoms with Crippen molar-refractivity contribution in [2.75, 3.05) is 31.1 Å². The molecule has 11 nitrogen and oxygen atoms in total. The number of anilines is 1. The number of carbonyl (C=O) groups is 2. The van der Waals surface area contributed by atoms with Gasteiger partial charge in [0.25, 0.3) is 5.78 Å². The second-order valence-electron chi connectivity index (χ2n) is 8.19. The van der Waals surface area contributed by atoms with E-state index in [1.165, 1.54) is 6.33 Å². The van der Waals surface area contributed by atoms with Gasteiger partial charge in [-0.1, -0.05) is 12.1 Å². The first-order valence-corrected chi connectivity index (χ1v) is 11.0. The van der Waals surface area contributed by atoms with Crippen molar-refractivity contribution in [3.8, 4) is 5.75 Å². The van der Waals surface area contributed by atoms with Gasteiger partial charge in [0.15, 0.2) is 0 Å². The van der Waals surface area contributed by atoms with E-state index in [-0.39, 0.29) is 18.5 Å². The van der Waals surface area contributed by atoms with Crippen LogP contribution in [0.3, 0.4) is 0 Å². The van der Waals surface area contributed by atoms with Crippen LogP contribution in [0.25, 0.3) is 5.78 Å². The molecular formula is C22H25N7O4. The highest BCUT2D eigenvalue weighted by atomic mass is 16.5. The fourth-order valence-electron chi connectivity index (χ4n) is 4.60. The summed E-state index contributed by atoms with van der Waals surface area (Å²) in [5.74, 6) is 2.04. The zero-order valence-corrected chi connectivity index (χ0v) is 18.1. The number of fused-ring (bicyclic) bond motifs is 2. The largest absolute Gasteiger partial charge is 0.491 e. The van der Waals surface area contributed by atoms with E-state index in [1.54, 1.807) is 15.6 Å². The van der Waals surface area contributed by atoms with Gasteiger partial charge in [0.05, 0.1) is 6.04 Å². The van der Waals surface area contributed by atoms with Gasteiger partial charge in [0.1, 0.15) is 31.0 Å². The number of nitrogens with one attached hydrogen (secondary N) is 1. The SMILES string of the molecule is O=C(O)NCC(=O)N1CCc2cccc(OC[C@H]3CCCN3c3ccnc4ncnn34)c2C1. The number of hydrogen-bond donors (Lipinski definition) is 2. The summed E-state index contributed by atoms with van der Waals surface area (Å²) in [5.41, 5.74) is 2.14. The van der Waals surface area contributed by atoms with E-state index in [0.717, 1.165) is 42.1 Å². The van der Waals surface area contributed by atoms with Crippen LogP contribution in [-0.4, -0.2) is 73.9 Å². The molecule has 2 aliphatic heterocycles. The molecule has 1 atom stereocenters. The van der Waals surface area contributed by atoms with Crippen molar-refractivity contribution < 1.29 is 19.4 Å². The fraction of sp³-hybridized carbons (Fsp3) is 0.409. The molecular weight excluding hydrogens is 426 g/mol. The molecule has 0 bridgehead atoms. The Balaban J connectivity index is 1.29. The van der Waals surface area contributed by atoms with E-state index in [0.29, 0.717) is 31.9 Å². The molecule has 0 spiro atoms. The lowest BCUT2D eigenvalue weighted by molar-refractivity contribution is -0.131. The lowest BCUT2D eigenvalue weighted by Crippen LogP contribution is -2.42. The molecule has 0 radical (unpaired) electrons. The number of carboxylic acid groups (broad SMARTS) is 1. The molecule has 172 valence electrons. The predicted molar refractivity (Wildman–Crippen MR) is 118 cm³/mol. The molecule has 0 aliphatic carbocycles. The molecule has 5 rings (SSSR count). The maximum Gasteiger partial charge on any atom is 0.405 e. The minimum absolute atomic E-state index is 0.178. The van der Waals surface area contributed by atoms with Crippen LogP contribution < -0.4 is 15.0 Å². The Morgan fingerprint density at radius 1 is 1.21 bits per heavy atom. The maximum atomic E-state index is 12.4. The van der Waals surface area contributed by atoms with Crippen molar-refractivity contribution >= 4 is 23.6 Å². The van der Waals surface area contributed by atoms with E-state index >= 15 is 0 Å². The number of aromatic nitrogens is 4. The van der Waals surface area contributed by atoms with Gasteiger partial charge in [-0.25, -0.2) is 9.78 Å². The minimum Gasteiger partial charge on any atom is -0.491 e. The topological polar surface area (TPSA) is 125 Å². The Kier molecular flexibility index (Phi) is 5.68. The average Bonchev–Trinajstić information content (AvgIpc) is 3.50. The molecule has 2 amide bonds. The highest BCUT2D eigenvalue weighted by Gasteiger charge is 2.29. The third kappa shape index (κ3) is 4.26. The first-order valence-electron chi connectivity index (χ1n) is 11.0. The van der Waals surface area contributed by atoms with Gasteiger partial charge in [0, 0.05) is 31.4 Å². The highest BCUT2D eigenvalue weighted by molar-refractivity contribution is 5.82. The monoisotopic (exact) mass is 451 g/mol. The van der Waals surface area contributed by atoms with Crippen LogP contribution in [0.2, 0.25) is 0 Å². The summed E-state index contributed by atoms with van der Waals surface area (Å²) < 4.78 is 8.06. The first-order chi connectivity index (χ1) is 16.1. The number of nitrogens with zero attached hydrogens (tertiary/aromatic N) is 6. The van der Waals surface area contributed by atoms with Crippen LogP contribution in [0.1, 0.15) is 24.0 Å². The number of amides is 2. The summed E-state index contributed by atoms with van der Waals surface area (Å²) in [5, 5.41) is 15.2. The summed E-state index contributed by atoms with van der Waals surface area (Å²) in [4.78, 5) is 35.5. The lowest BCUT2D eigenvalue weighted by atomic mass is 9.98. The van der Waals surface area contributed by atoms with Crippen LogP contribution in [0.5, 0.6) is 5.75 Å². The summed E-state index contributed by atoms with van der Waals surface area (Å²) in [6, 6.07) is 8.09. The van der Waals surface area contributed by atoms with Crippen molar-refractivity contribution in [3.63, 3.8) is 0 Å². The zero-order valence-electron chi connectivity index (χ0n) is 18.1. The lowest BCUT2D eigenvalue weighted by Gasteiger charge is -2.31. The number of ether oxygens (including phenoxy) is 1. The van der Waals surface area contributed by atoms with Gasteiger partial charge in [-0.2, -0.15) is 14.6 Å². The number of rotatable bonds is 6. The van der Waals surface area contributed by atoms with Crippen LogP contribution in [-0.2, 0) is 17.8 Å². The molecule has 2 aromatic heterocycles. The van der Waals surface area contributed by atoms with Gasteiger partial charge < -0.3 is 25.0 Å². The minimum atomic E-state index is -1.21. The molecule has 1 saturated heterocycles. The summed E-state index contributed by atoms with van der Waals surface area (Å²) in [6.07, 6.45) is 4.80. The quantitative estimate of drug-likeness (QED) is 0.575. The van der Waals surface area contributed by atoms with E-state index in [1.807, 2.05) is 18.2 Å². The molecule has 2 N–H and O–H groups in total. The molecule has 33 heavy (non-hydrogen) atoms. The summed E-state index contributed by atoms with van der Waals surface area (Å²) in [6.45, 7) is 2.14. The summed E-state index contributed by atoms with van der Waals surface area (Å²) >= 11 is 0. The van der Waals surface area contributed by atoms with E-state index < -0.39 is 6.09 Å². The average molecular weight is 451 g/mol. The van der Waals surface area contributed by atoms with Crippen LogP contribution in [0.4, 0.5) is 10.6 Å². The number of benzene rings is 1. The van der Waals surface area contributed by atoms with Gasteiger partial charge in [-0.05, 0) is 37.0 Å². The number of carbonyl (C=O) groups excluding carboxylic acids is 1. The normalized spacial score (nSPS) is 17.8.